The zero-order valence-corrected chi connectivity index (χ0v) is 12.8. The molecule has 86 valence electrons. The fourth-order valence-electron chi connectivity index (χ4n) is 0.966. The van der Waals surface area contributed by atoms with Gasteiger partial charge in [0, 0.05) is 4.47 Å². The first-order valence-corrected chi connectivity index (χ1v) is 7.00. The van der Waals surface area contributed by atoms with E-state index in [9.17, 15) is 4.79 Å². The summed E-state index contributed by atoms with van der Waals surface area (Å²) in [6.45, 7) is 3.58. The Morgan fingerprint density at radius 2 is 2.31 bits per heavy atom. The summed E-state index contributed by atoms with van der Waals surface area (Å²) in [5, 5.41) is 11.7. The van der Waals surface area contributed by atoms with Crippen molar-refractivity contribution in [3.05, 3.63) is 19.2 Å². The average Bonchev–Trinajstić information content (AvgIpc) is 2.59. The third kappa shape index (κ3) is 3.06. The quantitative estimate of drug-likeness (QED) is 0.887. The number of thiophene rings is 1. The lowest BCUT2D eigenvalue weighted by atomic mass is 10.0. The Labute approximate surface area is 115 Å². The molecule has 0 saturated carbocycles. The van der Waals surface area contributed by atoms with Crippen molar-refractivity contribution in [3.63, 3.8) is 0 Å². The Morgan fingerprint density at radius 1 is 1.69 bits per heavy atom. The molecule has 1 atom stereocenters. The zero-order chi connectivity index (χ0) is 12.3. The van der Waals surface area contributed by atoms with E-state index in [1.54, 1.807) is 13.0 Å². The van der Waals surface area contributed by atoms with Crippen molar-refractivity contribution >= 4 is 49.1 Å². The van der Waals surface area contributed by atoms with Crippen molar-refractivity contribution < 1.29 is 4.79 Å². The first kappa shape index (κ1) is 13.7. The van der Waals surface area contributed by atoms with Gasteiger partial charge < -0.3 is 5.32 Å². The zero-order valence-electron chi connectivity index (χ0n) is 8.80. The van der Waals surface area contributed by atoms with E-state index in [1.165, 1.54) is 11.3 Å². The molecule has 6 heteroatoms. The molecule has 0 fully saturated rings. The molecule has 16 heavy (non-hydrogen) atoms. The number of carbonyl (C=O) groups excluding carboxylic acids is 1. The van der Waals surface area contributed by atoms with Crippen LogP contribution in [0.3, 0.4) is 0 Å². The molecule has 3 nitrogen and oxygen atoms in total. The second kappa shape index (κ2) is 5.30. The van der Waals surface area contributed by atoms with Gasteiger partial charge in [-0.25, -0.2) is 0 Å². The molecule has 0 spiro atoms. The monoisotopic (exact) mass is 364 g/mol. The van der Waals surface area contributed by atoms with Gasteiger partial charge in [0.05, 0.1) is 14.7 Å². The van der Waals surface area contributed by atoms with Crippen molar-refractivity contribution in [1.29, 1.82) is 5.26 Å². The van der Waals surface area contributed by atoms with Crippen LogP contribution in [0.2, 0.25) is 0 Å². The molecule has 0 aliphatic heterocycles. The van der Waals surface area contributed by atoms with Crippen LogP contribution < -0.4 is 5.32 Å². The third-order valence-corrected chi connectivity index (χ3v) is 5.47. The number of amides is 1. The fourth-order valence-corrected chi connectivity index (χ4v) is 2.90. The first-order valence-electron chi connectivity index (χ1n) is 4.60. The van der Waals surface area contributed by atoms with Gasteiger partial charge in [0.25, 0.3) is 5.91 Å². The van der Waals surface area contributed by atoms with Crippen LogP contribution in [0.1, 0.15) is 29.9 Å². The molecule has 0 bridgehead atoms. The summed E-state index contributed by atoms with van der Waals surface area (Å²) in [4.78, 5) is 12.4. The maximum Gasteiger partial charge on any atom is 0.262 e. The molecule has 1 aromatic rings. The number of nitrogens with one attached hydrogen (secondary N) is 1. The SMILES string of the molecule is CCC(C)(C#N)NC(=O)c1cc(Br)c(Br)s1. The highest BCUT2D eigenvalue weighted by Gasteiger charge is 2.25. The predicted octanol–water partition coefficient (Wildman–Crippen LogP) is 3.70. The van der Waals surface area contributed by atoms with Gasteiger partial charge in [-0.15, -0.1) is 11.3 Å². The molecule has 1 rings (SSSR count). The van der Waals surface area contributed by atoms with Crippen LogP contribution in [-0.4, -0.2) is 11.4 Å². The standard InChI is InChI=1S/C10H10Br2N2OS/c1-3-10(2,5-13)14-9(15)7-4-6(11)8(12)16-7/h4H,3H2,1-2H3,(H,14,15). The van der Waals surface area contributed by atoms with Crippen LogP contribution in [-0.2, 0) is 0 Å². The second-order valence-corrected chi connectivity index (χ2v) is 6.71. The van der Waals surface area contributed by atoms with Crippen molar-refractivity contribution in [3.8, 4) is 6.07 Å². The summed E-state index contributed by atoms with van der Waals surface area (Å²) in [5.41, 5.74) is -0.806. The maximum absolute atomic E-state index is 11.9. The van der Waals surface area contributed by atoms with Crippen LogP contribution >= 0.6 is 43.2 Å². The number of carbonyl (C=O) groups is 1. The Bertz CT molecular complexity index is 433. The number of hydrogen-bond acceptors (Lipinski definition) is 3. The molecule has 1 amide bonds. The molecule has 0 aliphatic carbocycles. The lowest BCUT2D eigenvalue weighted by molar-refractivity contribution is 0.0927. The molecule has 1 unspecified atom stereocenters. The summed E-state index contributed by atoms with van der Waals surface area (Å²) in [6, 6.07) is 3.83. The van der Waals surface area contributed by atoms with Crippen molar-refractivity contribution in [2.45, 2.75) is 25.8 Å². The first-order chi connectivity index (χ1) is 7.41. The van der Waals surface area contributed by atoms with Gasteiger partial charge in [0.2, 0.25) is 0 Å². The summed E-state index contributed by atoms with van der Waals surface area (Å²) >= 11 is 7.97. The maximum atomic E-state index is 11.9. The van der Waals surface area contributed by atoms with Gasteiger partial charge >= 0.3 is 0 Å². The number of halogens is 2. The van der Waals surface area contributed by atoms with Crippen LogP contribution in [0.4, 0.5) is 0 Å². The van der Waals surface area contributed by atoms with Crippen LogP contribution in [0.15, 0.2) is 14.3 Å². The number of nitriles is 1. The van der Waals surface area contributed by atoms with E-state index in [4.69, 9.17) is 5.26 Å². The van der Waals surface area contributed by atoms with E-state index in [0.717, 1.165) is 8.26 Å². The minimum absolute atomic E-state index is 0.220. The average molecular weight is 366 g/mol. The Balaban J connectivity index is 2.85. The smallest absolute Gasteiger partial charge is 0.262 e. The highest BCUT2D eigenvalue weighted by molar-refractivity contribution is 9.13. The van der Waals surface area contributed by atoms with Gasteiger partial charge in [-0.05, 0) is 51.3 Å². The summed E-state index contributed by atoms with van der Waals surface area (Å²) in [5.74, 6) is -0.220. The fraction of sp³-hybridized carbons (Fsp3) is 0.400. The summed E-state index contributed by atoms with van der Waals surface area (Å²) < 4.78 is 1.71. The van der Waals surface area contributed by atoms with Crippen LogP contribution in [0.5, 0.6) is 0 Å². The predicted molar refractivity (Wildman–Crippen MR) is 71.5 cm³/mol. The minimum atomic E-state index is -0.806. The van der Waals surface area contributed by atoms with Gasteiger partial charge in [-0.3, -0.25) is 4.79 Å². The van der Waals surface area contributed by atoms with E-state index >= 15 is 0 Å². The molecular weight excluding hydrogens is 356 g/mol. The molecule has 1 aromatic heterocycles. The van der Waals surface area contributed by atoms with Crippen molar-refractivity contribution in [2.24, 2.45) is 0 Å². The summed E-state index contributed by atoms with van der Waals surface area (Å²) in [7, 11) is 0. The lowest BCUT2D eigenvalue weighted by Gasteiger charge is -2.20. The van der Waals surface area contributed by atoms with Gasteiger partial charge in [-0.1, -0.05) is 6.92 Å². The van der Waals surface area contributed by atoms with E-state index < -0.39 is 5.54 Å². The molecule has 0 radical (unpaired) electrons. The van der Waals surface area contributed by atoms with Crippen molar-refractivity contribution in [1.82, 2.24) is 5.32 Å². The second-order valence-electron chi connectivity index (χ2n) is 3.48. The normalized spacial score (nSPS) is 13.9. The van der Waals surface area contributed by atoms with E-state index in [1.807, 2.05) is 6.92 Å². The van der Waals surface area contributed by atoms with Crippen LogP contribution in [0.25, 0.3) is 0 Å². The molecule has 1 N–H and O–H groups in total. The Hall–Kier alpha value is -0.380. The highest BCUT2D eigenvalue weighted by Crippen LogP contribution is 2.32. The van der Waals surface area contributed by atoms with Crippen molar-refractivity contribution in [2.75, 3.05) is 0 Å². The topological polar surface area (TPSA) is 52.9 Å². The number of hydrogen-bond donors (Lipinski definition) is 1. The third-order valence-electron chi connectivity index (χ3n) is 2.21. The number of rotatable bonds is 3. The molecular formula is C10H10Br2N2OS. The van der Waals surface area contributed by atoms with E-state index in [-0.39, 0.29) is 5.91 Å². The molecule has 0 saturated heterocycles. The minimum Gasteiger partial charge on any atom is -0.333 e. The molecule has 0 aromatic carbocycles. The summed E-state index contributed by atoms with van der Waals surface area (Å²) in [6.07, 6.45) is 0.572. The van der Waals surface area contributed by atoms with E-state index in [0.29, 0.717) is 11.3 Å². The number of nitrogens with zero attached hydrogens (tertiary/aromatic N) is 1. The Morgan fingerprint density at radius 3 is 2.69 bits per heavy atom. The van der Waals surface area contributed by atoms with Crippen LogP contribution in [0, 0.1) is 11.3 Å². The molecule has 0 aliphatic rings. The Kier molecular flexibility index (Phi) is 4.53. The molecule has 1 heterocycles. The van der Waals surface area contributed by atoms with Gasteiger partial charge in [0.15, 0.2) is 0 Å². The largest absolute Gasteiger partial charge is 0.333 e. The van der Waals surface area contributed by atoms with E-state index in [2.05, 4.69) is 43.2 Å². The van der Waals surface area contributed by atoms with Gasteiger partial charge in [-0.2, -0.15) is 5.26 Å². The van der Waals surface area contributed by atoms with Gasteiger partial charge in [0.1, 0.15) is 5.54 Å². The lowest BCUT2D eigenvalue weighted by Crippen LogP contribution is -2.43. The highest BCUT2D eigenvalue weighted by atomic mass is 79.9.